The van der Waals surface area contributed by atoms with Crippen LogP contribution in [0.15, 0.2) is 30.4 Å². The fourth-order valence-electron chi connectivity index (χ4n) is 2.67. The predicted molar refractivity (Wildman–Crippen MR) is 103 cm³/mol. The van der Waals surface area contributed by atoms with Crippen LogP contribution >= 0.6 is 0 Å². The summed E-state index contributed by atoms with van der Waals surface area (Å²) < 4.78 is 21.4. The van der Waals surface area contributed by atoms with Crippen LogP contribution in [0, 0.1) is 5.41 Å². The number of rotatable bonds is 12. The van der Waals surface area contributed by atoms with Gasteiger partial charge >= 0.3 is 5.97 Å². The summed E-state index contributed by atoms with van der Waals surface area (Å²) in [6.07, 6.45) is 1.77. The van der Waals surface area contributed by atoms with Gasteiger partial charge in [-0.15, -0.1) is 0 Å². The minimum Gasteiger partial charge on any atom is -0.493 e. The van der Waals surface area contributed by atoms with Gasteiger partial charge in [0.1, 0.15) is 0 Å². The third-order valence-electron chi connectivity index (χ3n) is 4.44. The molecule has 1 atom stereocenters. The van der Waals surface area contributed by atoms with Crippen LogP contribution in [0.4, 0.5) is 0 Å². The Morgan fingerprint density at radius 1 is 1.19 bits per heavy atom. The smallest absolute Gasteiger partial charge is 0.306 e. The normalized spacial score (nSPS) is 13.0. The first-order valence-corrected chi connectivity index (χ1v) is 8.96. The van der Waals surface area contributed by atoms with Crippen LogP contribution in [-0.2, 0) is 20.7 Å². The fourth-order valence-corrected chi connectivity index (χ4v) is 2.67. The maximum absolute atomic E-state index is 12.0. The molecular weight excluding hydrogens is 332 g/mol. The van der Waals surface area contributed by atoms with Crippen molar-refractivity contribution in [2.75, 3.05) is 34.0 Å². The van der Waals surface area contributed by atoms with Crippen LogP contribution in [0.25, 0.3) is 0 Å². The SMILES string of the molecule is C=C(C)C(C)(CC(=O)OCC)Cc1ccc(OC)c(OCCCOC)c1. The van der Waals surface area contributed by atoms with E-state index < -0.39 is 0 Å². The number of benzene rings is 1. The Hall–Kier alpha value is -2.01. The molecule has 0 N–H and O–H groups in total. The molecule has 1 rings (SSSR count). The molecule has 0 heterocycles. The zero-order chi connectivity index (χ0) is 19.6. The largest absolute Gasteiger partial charge is 0.493 e. The van der Waals surface area contributed by atoms with Crippen LogP contribution in [0.1, 0.15) is 39.2 Å². The summed E-state index contributed by atoms with van der Waals surface area (Å²) in [5.41, 5.74) is 1.63. The molecule has 1 aromatic carbocycles. The Balaban J connectivity index is 2.94. The van der Waals surface area contributed by atoms with Gasteiger partial charge in [0.05, 0.1) is 26.7 Å². The maximum atomic E-state index is 12.0. The molecule has 0 aliphatic rings. The highest BCUT2D eigenvalue weighted by Gasteiger charge is 2.30. The van der Waals surface area contributed by atoms with Gasteiger partial charge in [0, 0.05) is 25.6 Å². The van der Waals surface area contributed by atoms with Crippen molar-refractivity contribution in [1.82, 2.24) is 0 Å². The van der Waals surface area contributed by atoms with Crippen LogP contribution in [-0.4, -0.2) is 40.0 Å². The molecule has 0 bridgehead atoms. The van der Waals surface area contributed by atoms with E-state index in [1.165, 1.54) is 0 Å². The van der Waals surface area contributed by atoms with Gasteiger partial charge in [-0.3, -0.25) is 4.79 Å². The van der Waals surface area contributed by atoms with E-state index in [1.54, 1.807) is 14.2 Å². The Bertz CT molecular complexity index is 596. The molecule has 5 heteroatoms. The molecule has 1 aromatic rings. The third-order valence-corrected chi connectivity index (χ3v) is 4.44. The van der Waals surface area contributed by atoms with Gasteiger partial charge in [-0.1, -0.05) is 25.1 Å². The number of hydrogen-bond acceptors (Lipinski definition) is 5. The topological polar surface area (TPSA) is 54.0 Å². The van der Waals surface area contributed by atoms with E-state index in [4.69, 9.17) is 18.9 Å². The zero-order valence-corrected chi connectivity index (χ0v) is 16.7. The summed E-state index contributed by atoms with van der Waals surface area (Å²) in [6, 6.07) is 5.86. The summed E-state index contributed by atoms with van der Waals surface area (Å²) in [5, 5.41) is 0. The van der Waals surface area contributed by atoms with E-state index in [0.717, 1.165) is 17.6 Å². The quantitative estimate of drug-likeness (QED) is 0.316. The average molecular weight is 364 g/mol. The molecule has 146 valence electrons. The molecule has 0 aliphatic carbocycles. The predicted octanol–water partition coefficient (Wildman–Crippen LogP) is 4.19. The number of esters is 1. The first-order chi connectivity index (χ1) is 12.4. The van der Waals surface area contributed by atoms with Gasteiger partial charge in [-0.2, -0.15) is 0 Å². The van der Waals surface area contributed by atoms with Gasteiger partial charge in [-0.05, 0) is 38.0 Å². The lowest BCUT2D eigenvalue weighted by Crippen LogP contribution is -2.26. The molecule has 0 aromatic heterocycles. The van der Waals surface area contributed by atoms with Crippen molar-refractivity contribution < 1.29 is 23.7 Å². The number of carbonyl (C=O) groups excluding carboxylic acids is 1. The van der Waals surface area contributed by atoms with Crippen molar-refractivity contribution in [2.45, 2.75) is 40.0 Å². The minimum absolute atomic E-state index is 0.206. The highest BCUT2D eigenvalue weighted by atomic mass is 16.5. The van der Waals surface area contributed by atoms with E-state index in [2.05, 4.69) is 6.58 Å². The van der Waals surface area contributed by atoms with Crippen molar-refractivity contribution in [3.05, 3.63) is 35.9 Å². The van der Waals surface area contributed by atoms with Crippen molar-refractivity contribution >= 4 is 5.97 Å². The molecule has 26 heavy (non-hydrogen) atoms. The molecule has 1 unspecified atom stereocenters. The van der Waals surface area contributed by atoms with Gasteiger partial charge < -0.3 is 18.9 Å². The second-order valence-corrected chi connectivity index (χ2v) is 6.68. The summed E-state index contributed by atoms with van der Waals surface area (Å²) in [4.78, 5) is 12.0. The molecule has 0 saturated heterocycles. The number of carbonyl (C=O) groups is 1. The van der Waals surface area contributed by atoms with Crippen LogP contribution in [0.3, 0.4) is 0 Å². The monoisotopic (exact) mass is 364 g/mol. The summed E-state index contributed by atoms with van der Waals surface area (Å²) in [5.74, 6) is 1.18. The lowest BCUT2D eigenvalue weighted by atomic mass is 9.75. The second kappa shape index (κ2) is 10.9. The molecule has 0 fully saturated rings. The molecule has 0 amide bonds. The van der Waals surface area contributed by atoms with E-state index >= 15 is 0 Å². The zero-order valence-electron chi connectivity index (χ0n) is 16.7. The van der Waals surface area contributed by atoms with Gasteiger partial charge in [0.15, 0.2) is 11.5 Å². The lowest BCUT2D eigenvalue weighted by molar-refractivity contribution is -0.145. The molecular formula is C21H32O5. The number of allylic oxidation sites excluding steroid dienone is 1. The maximum Gasteiger partial charge on any atom is 0.306 e. The lowest BCUT2D eigenvalue weighted by Gasteiger charge is -2.29. The van der Waals surface area contributed by atoms with Crippen molar-refractivity contribution in [2.24, 2.45) is 5.41 Å². The molecule has 0 aliphatic heterocycles. The third kappa shape index (κ3) is 6.71. The summed E-state index contributed by atoms with van der Waals surface area (Å²) in [6.45, 7) is 11.5. The molecule has 0 spiro atoms. The number of ether oxygens (including phenoxy) is 4. The van der Waals surface area contributed by atoms with Crippen molar-refractivity contribution in [3.8, 4) is 11.5 Å². The molecule has 5 nitrogen and oxygen atoms in total. The fraction of sp³-hybridized carbons (Fsp3) is 0.571. The summed E-state index contributed by atoms with van der Waals surface area (Å²) in [7, 11) is 3.29. The Kier molecular flexibility index (Phi) is 9.21. The van der Waals surface area contributed by atoms with Gasteiger partial charge in [0.25, 0.3) is 0 Å². The molecule has 0 saturated carbocycles. The second-order valence-electron chi connectivity index (χ2n) is 6.68. The standard InChI is InChI=1S/C21H32O5/c1-7-25-20(22)15-21(4,16(2)3)14-17-9-10-18(24-6)19(13-17)26-12-8-11-23-5/h9-10,13H,2,7-8,11-12,14-15H2,1,3-6H3. The first-order valence-electron chi connectivity index (χ1n) is 8.96. The van der Waals surface area contributed by atoms with Gasteiger partial charge in [-0.25, -0.2) is 0 Å². The highest BCUT2D eigenvalue weighted by molar-refractivity contribution is 5.71. The van der Waals surface area contributed by atoms with Crippen LogP contribution in [0.2, 0.25) is 0 Å². The Labute approximate surface area is 157 Å². The van der Waals surface area contributed by atoms with E-state index in [1.807, 2.05) is 39.0 Å². The minimum atomic E-state index is -0.381. The highest BCUT2D eigenvalue weighted by Crippen LogP contribution is 2.37. The number of hydrogen-bond donors (Lipinski definition) is 0. The average Bonchev–Trinajstić information content (AvgIpc) is 2.59. The first kappa shape index (κ1) is 22.0. The number of methoxy groups -OCH3 is 2. The van der Waals surface area contributed by atoms with Crippen molar-refractivity contribution in [1.29, 1.82) is 0 Å². The summed E-state index contributed by atoms with van der Waals surface area (Å²) >= 11 is 0. The Morgan fingerprint density at radius 3 is 2.50 bits per heavy atom. The van der Waals surface area contributed by atoms with Gasteiger partial charge in [0.2, 0.25) is 0 Å². The van der Waals surface area contributed by atoms with E-state index in [0.29, 0.717) is 44.2 Å². The molecule has 0 radical (unpaired) electrons. The van der Waals surface area contributed by atoms with Crippen LogP contribution in [0.5, 0.6) is 11.5 Å². The van der Waals surface area contributed by atoms with Crippen molar-refractivity contribution in [3.63, 3.8) is 0 Å². The van der Waals surface area contributed by atoms with E-state index in [-0.39, 0.29) is 11.4 Å². The van der Waals surface area contributed by atoms with E-state index in [9.17, 15) is 4.79 Å². The Morgan fingerprint density at radius 2 is 1.92 bits per heavy atom. The van der Waals surface area contributed by atoms with Crippen LogP contribution < -0.4 is 9.47 Å².